The molecule has 0 spiro atoms. The van der Waals surface area contributed by atoms with Gasteiger partial charge < -0.3 is 15.2 Å². The third-order valence-electron chi connectivity index (χ3n) is 2.62. The van der Waals surface area contributed by atoms with E-state index in [1.807, 2.05) is 42.5 Å². The van der Waals surface area contributed by atoms with Crippen LogP contribution in [0.25, 0.3) is 6.08 Å². The van der Waals surface area contributed by atoms with Gasteiger partial charge in [0, 0.05) is 11.4 Å². The lowest BCUT2D eigenvalue weighted by molar-refractivity contribution is -0.298. The van der Waals surface area contributed by atoms with Crippen molar-refractivity contribution in [2.45, 2.75) is 0 Å². The Morgan fingerprint density at radius 3 is 2.20 bits per heavy atom. The average Bonchev–Trinajstić information content (AvgIpc) is 2.47. The van der Waals surface area contributed by atoms with Crippen molar-refractivity contribution in [3.05, 3.63) is 65.7 Å². The fourth-order valence-corrected chi connectivity index (χ4v) is 1.65. The van der Waals surface area contributed by atoms with Crippen molar-refractivity contribution in [3.63, 3.8) is 0 Å². The fourth-order valence-electron chi connectivity index (χ4n) is 1.65. The molecule has 20 heavy (non-hydrogen) atoms. The lowest BCUT2D eigenvalue weighted by Crippen LogP contribution is -2.23. The predicted octanol–water partition coefficient (Wildman–Crippen LogP) is 2.09. The number of carboxylic acid groups (broad SMARTS) is 1. The maximum atomic E-state index is 10.6. The van der Waals surface area contributed by atoms with Gasteiger partial charge in [0.15, 0.2) is 0 Å². The molecule has 1 N–H and O–H groups in total. The van der Waals surface area contributed by atoms with Crippen LogP contribution in [0.3, 0.4) is 0 Å². The number of benzene rings is 2. The van der Waals surface area contributed by atoms with E-state index >= 15 is 0 Å². The smallest absolute Gasteiger partial charge is 0.101 e. The van der Waals surface area contributed by atoms with E-state index < -0.39 is 11.5 Å². The Hall–Kier alpha value is -3.06. The first-order chi connectivity index (χ1) is 9.69. The molecule has 0 atom stereocenters. The highest BCUT2D eigenvalue weighted by Crippen LogP contribution is 2.17. The van der Waals surface area contributed by atoms with Gasteiger partial charge in [-0.3, -0.25) is 0 Å². The number of aliphatic carboxylic acids is 1. The van der Waals surface area contributed by atoms with Crippen LogP contribution in [0, 0.1) is 11.3 Å². The second kappa shape index (κ2) is 6.21. The minimum atomic E-state index is -1.47. The van der Waals surface area contributed by atoms with Crippen LogP contribution in [0.2, 0.25) is 0 Å². The number of carbonyl (C=O) groups is 1. The number of anilines is 2. The molecule has 0 fully saturated rings. The Bertz CT molecular complexity index is 668. The highest BCUT2D eigenvalue weighted by Gasteiger charge is 1.98. The van der Waals surface area contributed by atoms with Gasteiger partial charge in [-0.05, 0) is 35.9 Å². The molecule has 0 aliphatic heterocycles. The van der Waals surface area contributed by atoms with Gasteiger partial charge in [-0.1, -0.05) is 30.3 Å². The Morgan fingerprint density at radius 2 is 1.65 bits per heavy atom. The third-order valence-corrected chi connectivity index (χ3v) is 2.62. The number of para-hydroxylation sites is 1. The highest BCUT2D eigenvalue weighted by atomic mass is 16.4. The molecule has 0 saturated heterocycles. The Balaban J connectivity index is 2.15. The zero-order valence-corrected chi connectivity index (χ0v) is 10.5. The van der Waals surface area contributed by atoms with Crippen LogP contribution in [0.1, 0.15) is 5.56 Å². The summed E-state index contributed by atoms with van der Waals surface area (Å²) in [4.78, 5) is 10.6. The van der Waals surface area contributed by atoms with Crippen molar-refractivity contribution < 1.29 is 9.90 Å². The van der Waals surface area contributed by atoms with Crippen LogP contribution < -0.4 is 10.4 Å². The number of hydrogen-bond acceptors (Lipinski definition) is 4. The SMILES string of the molecule is N#C/C(=C\c1ccc(Nc2ccccc2)cc1)C(=O)[O-]. The zero-order valence-electron chi connectivity index (χ0n) is 10.5. The maximum Gasteiger partial charge on any atom is 0.101 e. The summed E-state index contributed by atoms with van der Waals surface area (Å²) in [5.74, 6) is -1.47. The van der Waals surface area contributed by atoms with Crippen molar-refractivity contribution in [1.82, 2.24) is 0 Å². The minimum Gasteiger partial charge on any atom is -0.544 e. The normalized spacial score (nSPS) is 10.7. The van der Waals surface area contributed by atoms with Crippen LogP contribution >= 0.6 is 0 Å². The van der Waals surface area contributed by atoms with Crippen LogP contribution in [0.15, 0.2) is 60.2 Å². The second-order valence-corrected chi connectivity index (χ2v) is 4.07. The molecule has 0 aliphatic carbocycles. The summed E-state index contributed by atoms with van der Waals surface area (Å²) in [6.07, 6.45) is 1.28. The monoisotopic (exact) mass is 263 g/mol. The van der Waals surface area contributed by atoms with Gasteiger partial charge >= 0.3 is 0 Å². The number of nitriles is 1. The summed E-state index contributed by atoms with van der Waals surface area (Å²) < 4.78 is 0. The molecule has 98 valence electrons. The fraction of sp³-hybridized carbons (Fsp3) is 0. The minimum absolute atomic E-state index is 0.395. The van der Waals surface area contributed by atoms with E-state index in [1.165, 1.54) is 6.08 Å². The lowest BCUT2D eigenvalue weighted by Gasteiger charge is -2.06. The van der Waals surface area contributed by atoms with Crippen molar-refractivity contribution in [2.75, 3.05) is 5.32 Å². The predicted molar refractivity (Wildman–Crippen MR) is 74.8 cm³/mol. The average molecular weight is 263 g/mol. The molecule has 0 unspecified atom stereocenters. The van der Waals surface area contributed by atoms with Gasteiger partial charge in [-0.15, -0.1) is 0 Å². The van der Waals surface area contributed by atoms with E-state index in [4.69, 9.17) is 5.26 Å². The first-order valence-corrected chi connectivity index (χ1v) is 5.94. The van der Waals surface area contributed by atoms with Crippen molar-refractivity contribution in [3.8, 4) is 6.07 Å². The molecular formula is C16H11N2O2-. The molecule has 4 heteroatoms. The number of hydrogen-bond donors (Lipinski definition) is 1. The van der Waals surface area contributed by atoms with Gasteiger partial charge in [-0.2, -0.15) is 5.26 Å². The molecule has 2 rings (SSSR count). The summed E-state index contributed by atoms with van der Waals surface area (Å²) in [5, 5.41) is 22.5. The number of carboxylic acids is 1. The van der Waals surface area contributed by atoms with Crippen molar-refractivity contribution in [2.24, 2.45) is 0 Å². The number of carbonyl (C=O) groups excluding carboxylic acids is 1. The second-order valence-electron chi connectivity index (χ2n) is 4.07. The Kier molecular flexibility index (Phi) is 4.15. The van der Waals surface area contributed by atoms with Crippen LogP contribution in [0.5, 0.6) is 0 Å². The lowest BCUT2D eigenvalue weighted by atomic mass is 10.1. The summed E-state index contributed by atoms with van der Waals surface area (Å²) in [6.45, 7) is 0. The molecule has 0 heterocycles. The van der Waals surface area contributed by atoms with E-state index in [0.717, 1.165) is 11.4 Å². The molecule has 0 bridgehead atoms. The standard InChI is InChI=1S/C16H12N2O2/c17-11-13(16(19)20)10-12-6-8-15(9-7-12)18-14-4-2-1-3-5-14/h1-10,18H,(H,19,20)/p-1/b13-10+. The summed E-state index contributed by atoms with van der Waals surface area (Å²) in [5.41, 5.74) is 2.07. The Labute approximate surface area is 116 Å². The largest absolute Gasteiger partial charge is 0.544 e. The van der Waals surface area contributed by atoms with E-state index in [2.05, 4.69) is 5.32 Å². The summed E-state index contributed by atoms with van der Waals surface area (Å²) in [6, 6.07) is 18.3. The van der Waals surface area contributed by atoms with E-state index in [1.54, 1.807) is 18.2 Å². The number of rotatable bonds is 4. The maximum absolute atomic E-state index is 10.6. The number of nitrogens with zero attached hydrogens (tertiary/aromatic N) is 1. The van der Waals surface area contributed by atoms with E-state index in [-0.39, 0.29) is 0 Å². The number of nitrogens with one attached hydrogen (secondary N) is 1. The van der Waals surface area contributed by atoms with E-state index in [9.17, 15) is 9.90 Å². The molecule has 0 saturated carbocycles. The van der Waals surface area contributed by atoms with Gasteiger partial charge in [0.2, 0.25) is 0 Å². The van der Waals surface area contributed by atoms with Crippen LogP contribution in [-0.2, 0) is 4.79 Å². The first kappa shape index (κ1) is 13.4. The molecule has 4 nitrogen and oxygen atoms in total. The molecular weight excluding hydrogens is 252 g/mol. The van der Waals surface area contributed by atoms with Crippen LogP contribution in [-0.4, -0.2) is 5.97 Å². The van der Waals surface area contributed by atoms with Crippen molar-refractivity contribution in [1.29, 1.82) is 5.26 Å². The van der Waals surface area contributed by atoms with E-state index in [0.29, 0.717) is 5.56 Å². The van der Waals surface area contributed by atoms with Crippen molar-refractivity contribution >= 4 is 23.4 Å². The quantitative estimate of drug-likeness (QED) is 0.677. The Morgan fingerprint density at radius 1 is 1.05 bits per heavy atom. The van der Waals surface area contributed by atoms with Gasteiger partial charge in [-0.25, -0.2) is 0 Å². The molecule has 0 aromatic heterocycles. The molecule has 0 aliphatic rings. The van der Waals surface area contributed by atoms with Crippen LogP contribution in [0.4, 0.5) is 11.4 Å². The molecule has 0 amide bonds. The first-order valence-electron chi connectivity index (χ1n) is 5.94. The zero-order chi connectivity index (χ0) is 14.4. The summed E-state index contributed by atoms with van der Waals surface area (Å²) in [7, 11) is 0. The summed E-state index contributed by atoms with van der Waals surface area (Å²) >= 11 is 0. The third kappa shape index (κ3) is 3.47. The van der Waals surface area contributed by atoms with Gasteiger partial charge in [0.1, 0.15) is 6.07 Å². The van der Waals surface area contributed by atoms with Gasteiger partial charge in [0.25, 0.3) is 0 Å². The molecule has 2 aromatic carbocycles. The molecule has 2 aromatic rings. The topological polar surface area (TPSA) is 76.0 Å². The molecule has 0 radical (unpaired) electrons. The van der Waals surface area contributed by atoms with Gasteiger partial charge in [0.05, 0.1) is 11.5 Å². The highest BCUT2D eigenvalue weighted by molar-refractivity contribution is 5.95.